The Morgan fingerprint density at radius 2 is 1.14 bits per heavy atom. The number of thioether (sulfide) groups is 1. The Morgan fingerprint density at radius 3 is 1.64 bits per heavy atom. The largest absolute Gasteiger partial charge is 0.508 e. The number of benzene rings is 1. The fourth-order valence-electron chi connectivity index (χ4n) is 10.5. The first kappa shape index (κ1) is 94.4. The second-order valence-corrected chi connectivity index (χ2v) is 26.7. The molecular weight excluding hydrogens is 1420 g/mol. The zero-order chi connectivity index (χ0) is 75.0. The zero-order valence-electron chi connectivity index (χ0n) is 61.5. The van der Waals surface area contributed by atoms with E-state index < -0.39 is 30.0 Å². The molecule has 1 fully saturated rings. The highest BCUT2D eigenvalue weighted by Gasteiger charge is 2.30. The van der Waals surface area contributed by atoms with Crippen LogP contribution in [0.2, 0.25) is 0 Å². The standard InChI is InChI=1S/C72H125BrN8O21S/c1-3-56(2)70-65(85)22-18-59(66(86)55-80-62(24-51-103-69(89)14-5-4-13-68(88)81-70)64(84)21-17-58(10-8-26-78-72(75)76)54-79-63(71(74)90)52-57-15-19-60(82)20-16-57)11-6-7-25-77-67(87)23-28-92-30-32-94-34-36-96-38-40-98-42-44-100-46-48-102-50-49-101-47-45-99-43-41-97-39-37-95-35-33-93-31-29-91-27-9-12-61(83)53-73/h15-16,19-20,56,58-59,62-63,70,79-80,82H,3-14,17-18,21-55H2,1-2H3,(H2,74,90)(H,77,87)(H,81,88)(H4,75,76,78)/t56-,58+,59+,62-,63-,70-/m0/s1. The van der Waals surface area contributed by atoms with Crippen LogP contribution in [0.4, 0.5) is 0 Å². The number of Topliss-reactive ketones (excluding diaryl/α,β-unsaturated/α-hetero) is 4. The van der Waals surface area contributed by atoms with Crippen molar-refractivity contribution in [1.29, 1.82) is 0 Å². The van der Waals surface area contributed by atoms with Gasteiger partial charge in [-0.25, -0.2) is 0 Å². The Bertz CT molecular complexity index is 2430. The highest BCUT2D eigenvalue weighted by Crippen LogP contribution is 2.22. The number of guanidine groups is 1. The molecule has 0 unspecified atom stereocenters. The number of unbranched alkanes of at least 4 members (excludes halogenated alkanes) is 1. The lowest BCUT2D eigenvalue weighted by atomic mass is 9.87. The van der Waals surface area contributed by atoms with Gasteiger partial charge in [0, 0.05) is 69.9 Å². The van der Waals surface area contributed by atoms with Gasteiger partial charge in [0.15, 0.2) is 16.9 Å². The molecule has 0 bridgehead atoms. The molecule has 6 atom stereocenters. The highest BCUT2D eigenvalue weighted by molar-refractivity contribution is 9.09. The van der Waals surface area contributed by atoms with Crippen molar-refractivity contribution in [3.8, 4) is 5.75 Å². The maximum absolute atomic E-state index is 14.3. The summed E-state index contributed by atoms with van der Waals surface area (Å²) >= 11 is 4.27. The summed E-state index contributed by atoms with van der Waals surface area (Å²) in [5.41, 5.74) is 17.8. The predicted octanol–water partition coefficient (Wildman–Crippen LogP) is 4.26. The summed E-state index contributed by atoms with van der Waals surface area (Å²) in [6.07, 6.45) is 7.61. The first-order chi connectivity index (χ1) is 50.0. The van der Waals surface area contributed by atoms with Crippen molar-refractivity contribution in [2.75, 3.05) is 196 Å². The number of nitrogens with zero attached hydrogens (tertiary/aromatic N) is 1. The number of amides is 3. The van der Waals surface area contributed by atoms with E-state index in [-0.39, 0.29) is 128 Å². The smallest absolute Gasteiger partial charge is 0.234 e. The number of hydrogen-bond acceptors (Lipinski definition) is 25. The predicted molar refractivity (Wildman–Crippen MR) is 396 cm³/mol. The Morgan fingerprint density at radius 1 is 0.621 bits per heavy atom. The Kier molecular flexibility index (Phi) is 60.1. The van der Waals surface area contributed by atoms with E-state index in [1.165, 1.54) is 12.1 Å². The summed E-state index contributed by atoms with van der Waals surface area (Å²) in [5, 5.41) is 22.5. The van der Waals surface area contributed by atoms with Crippen molar-refractivity contribution in [1.82, 2.24) is 21.3 Å². The number of alkyl halides is 1. The van der Waals surface area contributed by atoms with E-state index in [0.29, 0.717) is 247 Å². The fourth-order valence-corrected chi connectivity index (χ4v) is 11.6. The number of halogens is 1. The van der Waals surface area contributed by atoms with E-state index in [2.05, 4.69) is 42.2 Å². The first-order valence-corrected chi connectivity index (χ1v) is 39.0. The number of phenolic OH excluding ortho intramolecular Hbond substituents is 1. The summed E-state index contributed by atoms with van der Waals surface area (Å²) in [6.45, 7) is 15.1. The van der Waals surface area contributed by atoms with Gasteiger partial charge in [0.2, 0.25) is 17.7 Å². The number of nitrogens with two attached hydrogens (primary N) is 3. The molecule has 0 spiro atoms. The summed E-state index contributed by atoms with van der Waals surface area (Å²) < 4.78 is 66.3. The number of carbonyl (C=O) groups excluding carboxylic acids is 8. The van der Waals surface area contributed by atoms with E-state index in [1.807, 2.05) is 13.8 Å². The van der Waals surface area contributed by atoms with Crippen molar-refractivity contribution in [2.24, 2.45) is 39.9 Å². The second kappa shape index (κ2) is 65.6. The molecule has 29 nitrogen and oxygen atoms in total. The molecule has 11 N–H and O–H groups in total. The lowest BCUT2D eigenvalue weighted by Gasteiger charge is -2.25. The lowest BCUT2D eigenvalue weighted by molar-refractivity contribution is -0.129. The number of aromatic hydroxyl groups is 1. The third-order valence-corrected chi connectivity index (χ3v) is 18.3. The van der Waals surface area contributed by atoms with Gasteiger partial charge in [0.1, 0.15) is 23.1 Å². The van der Waals surface area contributed by atoms with E-state index >= 15 is 0 Å². The number of ether oxygens (including phenoxy) is 12. The summed E-state index contributed by atoms with van der Waals surface area (Å²) in [4.78, 5) is 109. The number of primary amides is 1. The van der Waals surface area contributed by atoms with Crippen LogP contribution in [-0.4, -0.2) is 271 Å². The Labute approximate surface area is 623 Å². The van der Waals surface area contributed by atoms with Gasteiger partial charge in [-0.3, -0.25) is 43.3 Å². The van der Waals surface area contributed by atoms with Gasteiger partial charge in [-0.15, -0.1) is 0 Å². The van der Waals surface area contributed by atoms with E-state index in [1.54, 1.807) is 12.1 Å². The van der Waals surface area contributed by atoms with Gasteiger partial charge < -0.3 is 100 Å². The minimum atomic E-state index is -0.763. The summed E-state index contributed by atoms with van der Waals surface area (Å²) in [7, 11) is 0. The molecular formula is C72H125BrN8O21S. The molecule has 0 saturated carbocycles. The number of ketones is 4. The lowest BCUT2D eigenvalue weighted by Crippen LogP contribution is -2.45. The van der Waals surface area contributed by atoms with E-state index in [9.17, 15) is 43.5 Å². The zero-order valence-corrected chi connectivity index (χ0v) is 63.9. The van der Waals surface area contributed by atoms with Crippen molar-refractivity contribution < 1.29 is 100 Å². The normalized spacial score (nSPS) is 17.0. The average Bonchev–Trinajstić information content (AvgIpc) is 1.44. The van der Waals surface area contributed by atoms with Crippen LogP contribution < -0.4 is 38.5 Å². The van der Waals surface area contributed by atoms with Gasteiger partial charge in [-0.05, 0) is 107 Å². The number of carbonyl (C=O) groups is 8. The SMILES string of the molecule is CC[C@H](C)[C@@H]1NC(=O)CCCCC(=O)SCC[C@@H](C(=O)CC[C@@H](CCCN=C(N)N)CN[C@@H](Cc2ccc(O)cc2)C(N)=O)NCC(=O)[C@H](CCCCNC(=O)CCOCCOCCOCCOCCOCCOCCOCCOCCOCCOCCOCCOCCCC(=O)CBr)CCC1=O. The topological polar surface area (TPSA) is 406 Å². The molecule has 1 saturated heterocycles. The van der Waals surface area contributed by atoms with Gasteiger partial charge in [-0.2, -0.15) is 0 Å². The molecule has 31 heteroatoms. The molecule has 2 rings (SSSR count). The summed E-state index contributed by atoms with van der Waals surface area (Å²) in [6, 6.07) is 4.29. The monoisotopic (exact) mass is 1550 g/mol. The number of nitrogens with one attached hydrogen (secondary N) is 4. The number of hydrogen-bond donors (Lipinski definition) is 8. The van der Waals surface area contributed by atoms with Crippen molar-refractivity contribution in [3.63, 3.8) is 0 Å². The van der Waals surface area contributed by atoms with Crippen LogP contribution >= 0.6 is 27.7 Å². The van der Waals surface area contributed by atoms with Gasteiger partial charge in [0.05, 0.1) is 182 Å². The second-order valence-electron chi connectivity index (χ2n) is 25.0. The minimum Gasteiger partial charge on any atom is -0.508 e. The van der Waals surface area contributed by atoms with Crippen LogP contribution in [-0.2, 0) is 102 Å². The van der Waals surface area contributed by atoms with Gasteiger partial charge in [0.25, 0.3) is 0 Å². The molecule has 0 aliphatic carbocycles. The molecule has 3 amide bonds. The first-order valence-electron chi connectivity index (χ1n) is 36.9. The molecule has 103 heavy (non-hydrogen) atoms. The molecule has 1 aromatic rings. The third kappa shape index (κ3) is 54.5. The molecule has 1 aliphatic rings. The van der Waals surface area contributed by atoms with Crippen LogP contribution in [0.15, 0.2) is 29.3 Å². The van der Waals surface area contributed by atoms with Crippen LogP contribution in [0.5, 0.6) is 5.75 Å². The van der Waals surface area contributed by atoms with E-state index in [0.717, 1.165) is 23.7 Å². The van der Waals surface area contributed by atoms with Crippen LogP contribution in [0.25, 0.3) is 0 Å². The molecule has 1 aromatic carbocycles. The molecule has 0 radical (unpaired) electrons. The number of aliphatic imine (C=N–C) groups is 1. The van der Waals surface area contributed by atoms with Crippen molar-refractivity contribution in [3.05, 3.63) is 29.8 Å². The minimum absolute atomic E-state index is 0.0360. The molecule has 1 aliphatic heterocycles. The average molecular weight is 1550 g/mol. The van der Waals surface area contributed by atoms with Crippen molar-refractivity contribution in [2.45, 2.75) is 154 Å². The third-order valence-electron chi connectivity index (χ3n) is 16.7. The number of rotatable bonds is 62. The highest BCUT2D eigenvalue weighted by atomic mass is 79.9. The quantitative estimate of drug-likeness (QED) is 0.0195. The van der Waals surface area contributed by atoms with Crippen LogP contribution in [0.3, 0.4) is 0 Å². The fraction of sp³-hybridized carbons (Fsp3) is 0.792. The summed E-state index contributed by atoms with van der Waals surface area (Å²) in [5.74, 6) is -1.71. The van der Waals surface area contributed by atoms with Crippen molar-refractivity contribution >= 4 is 79.6 Å². The Balaban J connectivity index is 1.65. The van der Waals surface area contributed by atoms with Gasteiger partial charge >= 0.3 is 0 Å². The van der Waals surface area contributed by atoms with Crippen LogP contribution in [0, 0.1) is 17.8 Å². The molecule has 592 valence electrons. The maximum atomic E-state index is 14.3. The molecule has 1 heterocycles. The van der Waals surface area contributed by atoms with Gasteiger partial charge in [-0.1, -0.05) is 66.5 Å². The van der Waals surface area contributed by atoms with Crippen LogP contribution in [0.1, 0.15) is 135 Å². The van der Waals surface area contributed by atoms with E-state index in [4.69, 9.17) is 74.0 Å². The maximum Gasteiger partial charge on any atom is 0.234 e. The number of phenols is 1. The molecule has 0 aromatic heterocycles. The Hall–Kier alpha value is -4.68.